The zero-order valence-corrected chi connectivity index (χ0v) is 15.9. The third-order valence-electron chi connectivity index (χ3n) is 3.54. The number of carbonyl (C=O) groups excluding carboxylic acids is 1. The van der Waals surface area contributed by atoms with Gasteiger partial charge in [0, 0.05) is 11.1 Å². The van der Waals surface area contributed by atoms with Crippen molar-refractivity contribution in [1.82, 2.24) is 9.97 Å². The highest BCUT2D eigenvalue weighted by atomic mass is 35.5. The molecule has 1 unspecified atom stereocenters. The molecule has 8 heteroatoms. The van der Waals surface area contributed by atoms with Crippen LogP contribution in [-0.4, -0.2) is 30.3 Å². The number of hydrogen-bond donors (Lipinski definition) is 2. The van der Waals surface area contributed by atoms with Crippen LogP contribution in [-0.2, 0) is 15.8 Å². The van der Waals surface area contributed by atoms with Crippen LogP contribution < -0.4 is 0 Å². The van der Waals surface area contributed by atoms with Gasteiger partial charge in [-0.15, -0.1) is 0 Å². The van der Waals surface area contributed by atoms with Gasteiger partial charge in [-0.3, -0.25) is 0 Å². The van der Waals surface area contributed by atoms with E-state index in [1.54, 1.807) is 57.2 Å². The lowest BCUT2D eigenvalue weighted by Crippen LogP contribution is -2.24. The van der Waals surface area contributed by atoms with Crippen LogP contribution in [0.3, 0.4) is 0 Å². The first-order chi connectivity index (χ1) is 12.2. The average molecular weight is 393 g/mol. The lowest BCUT2D eigenvalue weighted by atomic mass is 10.1. The van der Waals surface area contributed by atoms with Crippen LogP contribution in [0.15, 0.2) is 41.3 Å². The second-order valence-corrected chi connectivity index (χ2v) is 8.01. The van der Waals surface area contributed by atoms with E-state index in [4.69, 9.17) is 16.3 Å². The van der Waals surface area contributed by atoms with E-state index in [-0.39, 0.29) is 15.7 Å². The van der Waals surface area contributed by atoms with Gasteiger partial charge in [0.25, 0.3) is 0 Å². The SMILES string of the molecule is CC(C)(C)OC(=O)c1cc2nc(Cl)cc(-c3ccccc3S(=O)O)c2[nH]1. The average Bonchev–Trinajstić information content (AvgIpc) is 2.96. The maximum atomic E-state index is 12.3. The number of carbonyl (C=O) groups is 1. The monoisotopic (exact) mass is 392 g/mol. The zero-order valence-electron chi connectivity index (χ0n) is 14.4. The van der Waals surface area contributed by atoms with Crippen LogP contribution in [0.5, 0.6) is 0 Å². The molecule has 0 spiro atoms. The molecule has 0 bridgehead atoms. The molecule has 1 aromatic carbocycles. The molecular weight excluding hydrogens is 376 g/mol. The van der Waals surface area contributed by atoms with Gasteiger partial charge in [0.05, 0.1) is 15.9 Å². The number of aromatic amines is 1. The maximum absolute atomic E-state index is 12.3. The number of esters is 1. The summed E-state index contributed by atoms with van der Waals surface area (Å²) < 4.78 is 26.6. The van der Waals surface area contributed by atoms with Crippen molar-refractivity contribution in [3.8, 4) is 11.1 Å². The molecule has 0 amide bonds. The molecule has 1 atom stereocenters. The topological polar surface area (TPSA) is 92.3 Å². The number of benzene rings is 1. The number of aromatic nitrogens is 2. The Morgan fingerprint density at radius 2 is 1.92 bits per heavy atom. The molecule has 0 aliphatic rings. The summed E-state index contributed by atoms with van der Waals surface area (Å²) in [6.07, 6.45) is 0. The van der Waals surface area contributed by atoms with Crippen molar-refractivity contribution in [2.75, 3.05) is 0 Å². The number of halogens is 1. The fourth-order valence-electron chi connectivity index (χ4n) is 2.57. The van der Waals surface area contributed by atoms with Crippen molar-refractivity contribution < 1.29 is 18.3 Å². The van der Waals surface area contributed by atoms with Crippen molar-refractivity contribution in [3.63, 3.8) is 0 Å². The summed E-state index contributed by atoms with van der Waals surface area (Å²) in [5.41, 5.74) is 1.70. The Morgan fingerprint density at radius 3 is 2.58 bits per heavy atom. The molecule has 0 saturated heterocycles. The minimum atomic E-state index is -2.17. The quantitative estimate of drug-likeness (QED) is 0.391. The van der Waals surface area contributed by atoms with Gasteiger partial charge in [0.2, 0.25) is 0 Å². The molecule has 0 aliphatic heterocycles. The van der Waals surface area contributed by atoms with Gasteiger partial charge in [-0.2, -0.15) is 0 Å². The van der Waals surface area contributed by atoms with Gasteiger partial charge in [-0.25, -0.2) is 14.0 Å². The van der Waals surface area contributed by atoms with Crippen LogP contribution in [0.25, 0.3) is 22.2 Å². The van der Waals surface area contributed by atoms with E-state index in [0.717, 1.165) is 0 Å². The number of ether oxygens (including phenoxy) is 1. The van der Waals surface area contributed by atoms with Crippen molar-refractivity contribution in [2.24, 2.45) is 0 Å². The lowest BCUT2D eigenvalue weighted by Gasteiger charge is -2.18. The van der Waals surface area contributed by atoms with Gasteiger partial charge in [0.15, 0.2) is 11.1 Å². The largest absolute Gasteiger partial charge is 0.455 e. The number of pyridine rings is 1. The second-order valence-electron chi connectivity index (χ2n) is 6.68. The second kappa shape index (κ2) is 6.83. The zero-order chi connectivity index (χ0) is 19.1. The first-order valence-electron chi connectivity index (χ1n) is 7.78. The van der Waals surface area contributed by atoms with E-state index in [1.807, 2.05) is 0 Å². The Hall–Kier alpha value is -2.22. The van der Waals surface area contributed by atoms with Gasteiger partial charge >= 0.3 is 5.97 Å². The molecule has 2 N–H and O–H groups in total. The standard InChI is InChI=1S/C18H17ClN2O4S/c1-18(2,3)25-17(22)13-9-12-16(21-13)11(8-15(19)20-12)10-6-4-5-7-14(10)26(23)24/h4-9,21H,1-3H3,(H,23,24). The van der Waals surface area contributed by atoms with Crippen LogP contribution in [0.1, 0.15) is 31.3 Å². The lowest BCUT2D eigenvalue weighted by molar-refractivity contribution is 0.00638. The van der Waals surface area contributed by atoms with E-state index in [2.05, 4.69) is 9.97 Å². The molecule has 3 aromatic rings. The molecule has 2 heterocycles. The van der Waals surface area contributed by atoms with Crippen LogP contribution in [0.2, 0.25) is 5.15 Å². The van der Waals surface area contributed by atoms with Crippen molar-refractivity contribution >= 4 is 39.7 Å². The van der Waals surface area contributed by atoms with Crippen LogP contribution >= 0.6 is 11.6 Å². The predicted molar refractivity (Wildman–Crippen MR) is 101 cm³/mol. The van der Waals surface area contributed by atoms with Crippen molar-refractivity contribution in [2.45, 2.75) is 31.3 Å². The third-order valence-corrected chi connectivity index (χ3v) is 4.47. The van der Waals surface area contributed by atoms with Crippen molar-refractivity contribution in [3.05, 3.63) is 47.2 Å². The number of nitrogens with zero attached hydrogens (tertiary/aromatic N) is 1. The van der Waals surface area contributed by atoms with E-state index in [0.29, 0.717) is 22.2 Å². The number of fused-ring (bicyclic) bond motifs is 1. The van der Waals surface area contributed by atoms with Gasteiger partial charge in [0.1, 0.15) is 16.4 Å². The van der Waals surface area contributed by atoms with Crippen molar-refractivity contribution in [1.29, 1.82) is 0 Å². The highest BCUT2D eigenvalue weighted by molar-refractivity contribution is 7.79. The molecule has 26 heavy (non-hydrogen) atoms. The van der Waals surface area contributed by atoms with Gasteiger partial charge in [-0.05, 0) is 39.0 Å². The minimum absolute atomic E-state index is 0.209. The van der Waals surface area contributed by atoms with Gasteiger partial charge < -0.3 is 14.3 Å². The molecule has 0 fully saturated rings. The summed E-state index contributed by atoms with van der Waals surface area (Å²) in [5, 5.41) is 0.209. The van der Waals surface area contributed by atoms with Gasteiger partial charge in [-0.1, -0.05) is 29.8 Å². The first kappa shape index (κ1) is 18.6. The fourth-order valence-corrected chi connectivity index (χ4v) is 3.33. The number of nitrogens with one attached hydrogen (secondary N) is 1. The Bertz CT molecular complexity index is 1020. The summed E-state index contributed by atoms with van der Waals surface area (Å²) in [6.45, 7) is 5.34. The molecule has 0 aliphatic carbocycles. The predicted octanol–water partition coefficient (Wildman–Crippen LogP) is 4.42. The van der Waals surface area contributed by atoms with Crippen LogP contribution in [0, 0.1) is 0 Å². The minimum Gasteiger partial charge on any atom is -0.455 e. The summed E-state index contributed by atoms with van der Waals surface area (Å²) in [5.74, 6) is -0.517. The van der Waals surface area contributed by atoms with E-state index < -0.39 is 22.7 Å². The third kappa shape index (κ3) is 3.80. The summed E-state index contributed by atoms with van der Waals surface area (Å²) in [4.78, 5) is 19.8. The Kier molecular flexibility index (Phi) is 4.88. The van der Waals surface area contributed by atoms with Crippen LogP contribution in [0.4, 0.5) is 0 Å². The Labute approximate surface area is 157 Å². The van der Waals surface area contributed by atoms with E-state index in [9.17, 15) is 13.6 Å². The van der Waals surface area contributed by atoms with E-state index >= 15 is 0 Å². The normalized spacial score (nSPS) is 13.0. The highest BCUT2D eigenvalue weighted by Gasteiger charge is 2.22. The molecule has 136 valence electrons. The summed E-state index contributed by atoms with van der Waals surface area (Å²) in [6, 6.07) is 9.84. The molecular formula is C18H17ClN2O4S. The molecule has 0 saturated carbocycles. The van der Waals surface area contributed by atoms with E-state index in [1.165, 1.54) is 0 Å². The number of H-pyrrole nitrogens is 1. The molecule has 0 radical (unpaired) electrons. The highest BCUT2D eigenvalue weighted by Crippen LogP contribution is 2.33. The first-order valence-corrected chi connectivity index (χ1v) is 9.27. The maximum Gasteiger partial charge on any atom is 0.355 e. The summed E-state index contributed by atoms with van der Waals surface area (Å²) >= 11 is 3.95. The summed E-state index contributed by atoms with van der Waals surface area (Å²) in [7, 11) is 0. The molecule has 6 nitrogen and oxygen atoms in total. The fraction of sp³-hybridized carbons (Fsp3) is 0.222. The molecule has 3 rings (SSSR count). The Morgan fingerprint density at radius 1 is 1.23 bits per heavy atom. The number of hydrogen-bond acceptors (Lipinski definition) is 4. The molecule has 2 aromatic heterocycles. The Balaban J connectivity index is 2.19. The smallest absolute Gasteiger partial charge is 0.355 e. The number of rotatable bonds is 3.